The topological polar surface area (TPSA) is 66.8 Å². The van der Waals surface area contributed by atoms with E-state index in [2.05, 4.69) is 0 Å². The molecule has 0 spiro atoms. The van der Waals surface area contributed by atoms with E-state index in [1.165, 1.54) is 11.8 Å². The highest BCUT2D eigenvalue weighted by Crippen LogP contribution is 2.51. The Morgan fingerprint density at radius 1 is 1.43 bits per heavy atom. The molecule has 2 heterocycles. The van der Waals surface area contributed by atoms with Crippen LogP contribution in [-0.4, -0.2) is 45.5 Å². The van der Waals surface area contributed by atoms with Gasteiger partial charge >= 0.3 is 12.1 Å². The van der Waals surface area contributed by atoms with Crippen molar-refractivity contribution >= 4 is 23.8 Å². The van der Waals surface area contributed by atoms with E-state index in [4.69, 9.17) is 4.74 Å². The first-order valence-corrected chi connectivity index (χ1v) is 8.10. The fourth-order valence-electron chi connectivity index (χ4n) is 2.66. The van der Waals surface area contributed by atoms with Crippen molar-refractivity contribution in [2.24, 2.45) is 0 Å². The number of carboxylic acids is 1. The fraction of sp³-hybridized carbons (Fsp3) is 0.733. The van der Waals surface area contributed by atoms with E-state index < -0.39 is 16.3 Å². The summed E-state index contributed by atoms with van der Waals surface area (Å²) in [6.07, 6.45) is 1.53. The van der Waals surface area contributed by atoms with Crippen LogP contribution in [0, 0.1) is 0 Å². The molecule has 0 radical (unpaired) electrons. The Morgan fingerprint density at radius 2 is 2.10 bits per heavy atom. The Labute approximate surface area is 129 Å². The average molecular weight is 313 g/mol. The second-order valence-corrected chi connectivity index (χ2v) is 8.09. The maximum absolute atomic E-state index is 12.1. The van der Waals surface area contributed by atoms with Gasteiger partial charge < -0.3 is 14.7 Å². The summed E-state index contributed by atoms with van der Waals surface area (Å²) in [6, 6.07) is 0. The summed E-state index contributed by atoms with van der Waals surface area (Å²) in [5, 5.41) is 9.49. The second kappa shape index (κ2) is 5.55. The van der Waals surface area contributed by atoms with Crippen LogP contribution in [0.5, 0.6) is 0 Å². The molecule has 2 rings (SSSR count). The average Bonchev–Trinajstić information content (AvgIpc) is 2.75. The monoisotopic (exact) mass is 313 g/mol. The van der Waals surface area contributed by atoms with Gasteiger partial charge in [-0.25, -0.2) is 4.79 Å². The molecule has 1 amide bonds. The number of hydrogen-bond acceptors (Lipinski definition) is 4. The van der Waals surface area contributed by atoms with Crippen LogP contribution in [0.1, 0.15) is 47.0 Å². The first kappa shape index (κ1) is 16.2. The van der Waals surface area contributed by atoms with Gasteiger partial charge in [0.25, 0.3) is 0 Å². The number of nitrogens with zero attached hydrogens (tertiary/aromatic N) is 1. The molecular formula is C15H23NO4S. The van der Waals surface area contributed by atoms with E-state index in [1.54, 1.807) is 4.90 Å². The summed E-state index contributed by atoms with van der Waals surface area (Å²) in [4.78, 5) is 26.5. The van der Waals surface area contributed by atoms with Gasteiger partial charge in [-0.1, -0.05) is 6.92 Å². The van der Waals surface area contributed by atoms with Crippen LogP contribution in [0.4, 0.5) is 4.79 Å². The van der Waals surface area contributed by atoms with E-state index in [-0.39, 0.29) is 6.09 Å². The molecule has 0 fully saturated rings. The van der Waals surface area contributed by atoms with Gasteiger partial charge in [-0.3, -0.25) is 4.79 Å². The number of thioether (sulfide) groups is 1. The lowest BCUT2D eigenvalue weighted by Gasteiger charge is -2.30. The Balaban J connectivity index is 2.06. The van der Waals surface area contributed by atoms with Crippen molar-refractivity contribution in [2.75, 3.05) is 13.1 Å². The molecule has 5 nitrogen and oxygen atoms in total. The molecule has 0 aliphatic carbocycles. The van der Waals surface area contributed by atoms with Crippen molar-refractivity contribution in [3.05, 3.63) is 10.5 Å². The van der Waals surface area contributed by atoms with Gasteiger partial charge in [0.1, 0.15) is 10.3 Å². The van der Waals surface area contributed by atoms with Gasteiger partial charge in [-0.05, 0) is 50.5 Å². The van der Waals surface area contributed by atoms with Crippen molar-refractivity contribution < 1.29 is 19.4 Å². The predicted molar refractivity (Wildman–Crippen MR) is 82.3 cm³/mol. The van der Waals surface area contributed by atoms with Crippen LogP contribution >= 0.6 is 11.8 Å². The van der Waals surface area contributed by atoms with Crippen molar-refractivity contribution in [3.8, 4) is 0 Å². The van der Waals surface area contributed by atoms with Crippen LogP contribution in [0.3, 0.4) is 0 Å². The third kappa shape index (κ3) is 3.36. The van der Waals surface area contributed by atoms with E-state index in [0.29, 0.717) is 25.9 Å². The van der Waals surface area contributed by atoms with E-state index in [0.717, 1.165) is 16.9 Å². The molecule has 1 unspecified atom stereocenters. The normalized spacial score (nSPS) is 25.8. The Hall–Kier alpha value is -1.17. The van der Waals surface area contributed by atoms with E-state index >= 15 is 0 Å². The molecular weight excluding hydrogens is 290 g/mol. The zero-order chi connectivity index (χ0) is 15.8. The summed E-state index contributed by atoms with van der Waals surface area (Å²) in [5.41, 5.74) is 0.575. The predicted octanol–water partition coefficient (Wildman–Crippen LogP) is 3.25. The van der Waals surface area contributed by atoms with Gasteiger partial charge in [0.15, 0.2) is 0 Å². The van der Waals surface area contributed by atoms with Gasteiger partial charge in [-0.15, -0.1) is 11.8 Å². The highest BCUT2D eigenvalue weighted by molar-refractivity contribution is 8.05. The zero-order valence-electron chi connectivity index (χ0n) is 13.1. The number of aliphatic carboxylic acids is 1. The first-order chi connectivity index (χ1) is 9.67. The lowest BCUT2D eigenvalue weighted by molar-refractivity contribution is -0.139. The number of amides is 1. The van der Waals surface area contributed by atoms with E-state index in [9.17, 15) is 14.7 Å². The third-order valence-corrected chi connectivity index (χ3v) is 5.55. The Kier molecular flexibility index (Phi) is 4.29. The van der Waals surface area contributed by atoms with Gasteiger partial charge in [0.2, 0.25) is 0 Å². The van der Waals surface area contributed by atoms with Crippen LogP contribution in [-0.2, 0) is 9.53 Å². The minimum absolute atomic E-state index is 0.316. The van der Waals surface area contributed by atoms with Crippen molar-refractivity contribution in [1.82, 2.24) is 4.90 Å². The van der Waals surface area contributed by atoms with Crippen LogP contribution in [0.25, 0.3) is 0 Å². The number of rotatable bonds is 2. The Bertz CT molecular complexity index is 494. The second-order valence-electron chi connectivity index (χ2n) is 6.61. The van der Waals surface area contributed by atoms with Crippen molar-refractivity contribution in [1.29, 1.82) is 0 Å². The summed E-state index contributed by atoms with van der Waals surface area (Å²) < 4.78 is 4.65. The molecule has 0 bridgehead atoms. The molecule has 2 aliphatic rings. The maximum atomic E-state index is 12.1. The van der Waals surface area contributed by atoms with Gasteiger partial charge in [0, 0.05) is 13.1 Å². The number of carboxylic acid groups (broad SMARTS) is 1. The third-order valence-electron chi connectivity index (χ3n) is 3.81. The number of ether oxygens (including phenoxy) is 1. The quantitative estimate of drug-likeness (QED) is 0.847. The number of hydrogen-bond donors (Lipinski definition) is 1. The van der Waals surface area contributed by atoms with Gasteiger partial charge in [0.05, 0.1) is 0 Å². The first-order valence-electron chi connectivity index (χ1n) is 7.28. The Morgan fingerprint density at radius 3 is 2.62 bits per heavy atom. The molecule has 1 N–H and O–H groups in total. The highest BCUT2D eigenvalue weighted by atomic mass is 32.2. The minimum atomic E-state index is -0.756. The van der Waals surface area contributed by atoms with Crippen molar-refractivity contribution in [3.63, 3.8) is 0 Å². The molecule has 118 valence electrons. The lowest BCUT2D eigenvalue weighted by atomic mass is 9.94. The smallest absolute Gasteiger partial charge is 0.410 e. The lowest BCUT2D eigenvalue weighted by Crippen LogP contribution is -2.40. The molecule has 0 aromatic rings. The van der Waals surface area contributed by atoms with Gasteiger partial charge in [-0.2, -0.15) is 0 Å². The van der Waals surface area contributed by atoms with Crippen LogP contribution < -0.4 is 0 Å². The minimum Gasteiger partial charge on any atom is -0.480 e. The fourth-order valence-corrected chi connectivity index (χ4v) is 4.08. The SMILES string of the molecule is CCC1(C(=O)O)CC2=C(CCN(C(=O)OC(C)(C)C)C2)S1. The van der Waals surface area contributed by atoms with Crippen LogP contribution in [0.15, 0.2) is 10.5 Å². The van der Waals surface area contributed by atoms with Crippen LogP contribution in [0.2, 0.25) is 0 Å². The van der Waals surface area contributed by atoms with Crippen molar-refractivity contribution in [2.45, 2.75) is 57.3 Å². The summed E-state index contributed by atoms with van der Waals surface area (Å²) in [7, 11) is 0. The molecule has 2 aliphatic heterocycles. The number of carbonyl (C=O) groups is 2. The molecule has 0 aromatic heterocycles. The largest absolute Gasteiger partial charge is 0.480 e. The number of carbonyl (C=O) groups excluding carboxylic acids is 1. The zero-order valence-corrected chi connectivity index (χ0v) is 13.9. The summed E-state index contributed by atoms with van der Waals surface area (Å²) in [6.45, 7) is 8.53. The highest BCUT2D eigenvalue weighted by Gasteiger charge is 2.46. The molecule has 1 atom stereocenters. The maximum Gasteiger partial charge on any atom is 0.410 e. The molecule has 0 saturated carbocycles. The molecule has 6 heteroatoms. The standard InChI is InChI=1S/C15H23NO4S/c1-5-15(12(17)18)8-10-9-16(7-6-11(10)21-15)13(19)20-14(2,3)4/h5-9H2,1-4H3,(H,17,18). The summed E-state index contributed by atoms with van der Waals surface area (Å²) in [5.74, 6) is -0.756. The van der Waals surface area contributed by atoms with E-state index in [1.807, 2.05) is 27.7 Å². The summed E-state index contributed by atoms with van der Waals surface area (Å²) >= 11 is 1.48. The molecule has 0 saturated heterocycles. The molecule has 21 heavy (non-hydrogen) atoms. The molecule has 0 aromatic carbocycles.